The number of nitrogens with one attached hydrogen (secondary N) is 1. The Labute approximate surface area is 132 Å². The normalized spacial score (nSPS) is 10.5. The summed E-state index contributed by atoms with van der Waals surface area (Å²) in [6, 6.07) is 16.2. The van der Waals surface area contributed by atoms with Crippen LogP contribution in [0, 0.1) is 6.92 Å². The van der Waals surface area contributed by atoms with Crippen molar-refractivity contribution in [1.29, 1.82) is 0 Å². The zero-order valence-electron chi connectivity index (χ0n) is 11.8. The Morgan fingerprint density at radius 3 is 2.18 bits per heavy atom. The van der Waals surface area contributed by atoms with Crippen LogP contribution >= 0.6 is 11.6 Å². The van der Waals surface area contributed by atoms with Crippen molar-refractivity contribution in [2.24, 2.45) is 0 Å². The van der Waals surface area contributed by atoms with Crippen LogP contribution in [0.4, 0.5) is 0 Å². The largest absolute Gasteiger partial charge is 0.457 e. The van der Waals surface area contributed by atoms with Crippen molar-refractivity contribution in [3.8, 4) is 22.8 Å². The van der Waals surface area contributed by atoms with E-state index in [1.165, 1.54) is 6.07 Å². The number of nitrogens with zero attached hydrogens (tertiary/aromatic N) is 1. The van der Waals surface area contributed by atoms with Gasteiger partial charge in [-0.05, 0) is 61.0 Å². The molecule has 0 bridgehead atoms. The molecule has 0 unspecified atom stereocenters. The third-order valence-corrected chi connectivity index (χ3v) is 3.43. The second kappa shape index (κ2) is 6.03. The first kappa shape index (κ1) is 14.4. The van der Waals surface area contributed by atoms with Crippen molar-refractivity contribution < 1.29 is 4.74 Å². The van der Waals surface area contributed by atoms with E-state index < -0.39 is 0 Å². The molecule has 110 valence electrons. The van der Waals surface area contributed by atoms with Crippen LogP contribution in [0.15, 0.2) is 59.4 Å². The average Bonchev–Trinajstić information content (AvgIpc) is 2.51. The van der Waals surface area contributed by atoms with E-state index in [9.17, 15) is 4.79 Å². The summed E-state index contributed by atoms with van der Waals surface area (Å²) in [7, 11) is 0. The lowest BCUT2D eigenvalue weighted by molar-refractivity contribution is 0.483. The van der Waals surface area contributed by atoms with E-state index in [4.69, 9.17) is 16.3 Å². The van der Waals surface area contributed by atoms with E-state index in [0.717, 1.165) is 22.6 Å². The molecule has 1 aromatic heterocycles. The molecular formula is C17H13ClN2O2. The van der Waals surface area contributed by atoms with Crippen LogP contribution in [0.1, 0.15) is 5.56 Å². The minimum Gasteiger partial charge on any atom is -0.457 e. The maximum Gasteiger partial charge on any atom is 0.264 e. The third-order valence-electron chi connectivity index (χ3n) is 3.18. The molecule has 3 aromatic rings. The molecule has 0 saturated carbocycles. The summed E-state index contributed by atoms with van der Waals surface area (Å²) in [5, 5.41) is 7.20. The summed E-state index contributed by atoms with van der Waals surface area (Å²) in [6.07, 6.45) is 0. The third kappa shape index (κ3) is 3.18. The molecule has 3 rings (SSSR count). The Hall–Kier alpha value is -2.59. The lowest BCUT2D eigenvalue weighted by Gasteiger charge is -2.07. The zero-order valence-corrected chi connectivity index (χ0v) is 12.6. The molecule has 0 amide bonds. The molecule has 0 atom stereocenters. The van der Waals surface area contributed by atoms with Gasteiger partial charge in [0.15, 0.2) is 0 Å². The monoisotopic (exact) mass is 312 g/mol. The quantitative estimate of drug-likeness (QED) is 0.789. The summed E-state index contributed by atoms with van der Waals surface area (Å²) in [5.74, 6) is 1.43. The second-order valence-corrected chi connectivity index (χ2v) is 5.28. The fourth-order valence-corrected chi connectivity index (χ4v) is 2.23. The van der Waals surface area contributed by atoms with Crippen molar-refractivity contribution in [2.75, 3.05) is 0 Å². The van der Waals surface area contributed by atoms with Crippen molar-refractivity contribution in [3.05, 3.63) is 75.5 Å². The van der Waals surface area contributed by atoms with Gasteiger partial charge >= 0.3 is 0 Å². The molecule has 4 nitrogen and oxygen atoms in total. The summed E-state index contributed by atoms with van der Waals surface area (Å²) < 4.78 is 5.74. The molecule has 0 saturated heterocycles. The molecule has 22 heavy (non-hydrogen) atoms. The summed E-state index contributed by atoms with van der Waals surface area (Å²) in [5.41, 5.74) is 2.29. The van der Waals surface area contributed by atoms with Gasteiger partial charge in [0.2, 0.25) is 0 Å². The van der Waals surface area contributed by atoms with Crippen LogP contribution in [0.2, 0.25) is 5.02 Å². The van der Waals surface area contributed by atoms with E-state index in [1.54, 1.807) is 12.1 Å². The lowest BCUT2D eigenvalue weighted by Crippen LogP contribution is -2.08. The van der Waals surface area contributed by atoms with Crippen LogP contribution in [0.3, 0.4) is 0 Å². The smallest absolute Gasteiger partial charge is 0.264 e. The Kier molecular flexibility index (Phi) is 3.94. The van der Waals surface area contributed by atoms with Crippen LogP contribution < -0.4 is 10.3 Å². The molecule has 0 spiro atoms. The Bertz CT molecular complexity index is 840. The number of halogens is 1. The standard InChI is InChI=1S/C17H13ClN2O2/c1-11-10-16(21)19-20-17(11)12-2-6-14(7-3-12)22-15-8-4-13(18)5-9-15/h2-10H,1H3,(H,19,21). The van der Waals surface area contributed by atoms with Crippen LogP contribution in [-0.2, 0) is 0 Å². The minimum atomic E-state index is -0.205. The highest BCUT2D eigenvalue weighted by atomic mass is 35.5. The number of benzene rings is 2. The maximum absolute atomic E-state index is 11.2. The van der Waals surface area contributed by atoms with E-state index in [1.807, 2.05) is 43.3 Å². The van der Waals surface area contributed by atoms with E-state index >= 15 is 0 Å². The van der Waals surface area contributed by atoms with Crippen LogP contribution in [0.25, 0.3) is 11.3 Å². The SMILES string of the molecule is Cc1cc(=O)[nH]nc1-c1ccc(Oc2ccc(Cl)cc2)cc1. The maximum atomic E-state index is 11.2. The molecule has 0 radical (unpaired) electrons. The van der Waals surface area contributed by atoms with Gasteiger partial charge in [-0.2, -0.15) is 5.10 Å². The Balaban J connectivity index is 1.83. The van der Waals surface area contributed by atoms with Crippen molar-refractivity contribution in [3.63, 3.8) is 0 Å². The number of aromatic amines is 1. The fraction of sp³-hybridized carbons (Fsp3) is 0.0588. The Morgan fingerprint density at radius 2 is 1.59 bits per heavy atom. The first-order chi connectivity index (χ1) is 10.6. The number of rotatable bonds is 3. The van der Waals surface area contributed by atoms with Crippen molar-refractivity contribution >= 4 is 11.6 Å². The number of hydrogen-bond donors (Lipinski definition) is 1. The predicted molar refractivity (Wildman–Crippen MR) is 86.6 cm³/mol. The van der Waals surface area contributed by atoms with E-state index in [2.05, 4.69) is 10.2 Å². The van der Waals surface area contributed by atoms with E-state index in [-0.39, 0.29) is 5.56 Å². The molecular weight excluding hydrogens is 300 g/mol. The zero-order chi connectivity index (χ0) is 15.5. The number of aryl methyl sites for hydroxylation is 1. The number of H-pyrrole nitrogens is 1. The molecule has 1 heterocycles. The van der Waals surface area contributed by atoms with Crippen molar-refractivity contribution in [2.45, 2.75) is 6.92 Å². The van der Waals surface area contributed by atoms with Gasteiger partial charge in [0.1, 0.15) is 11.5 Å². The Morgan fingerprint density at radius 1 is 1.00 bits per heavy atom. The molecule has 0 aliphatic carbocycles. The minimum absolute atomic E-state index is 0.205. The summed E-state index contributed by atoms with van der Waals surface area (Å²) in [6.45, 7) is 1.86. The van der Waals surface area contributed by atoms with Crippen LogP contribution in [-0.4, -0.2) is 10.2 Å². The van der Waals surface area contributed by atoms with Gasteiger partial charge in [-0.1, -0.05) is 11.6 Å². The first-order valence-corrected chi connectivity index (χ1v) is 7.10. The van der Waals surface area contributed by atoms with Gasteiger partial charge in [0, 0.05) is 16.7 Å². The molecule has 0 aliphatic heterocycles. The number of hydrogen-bond acceptors (Lipinski definition) is 3. The van der Waals surface area contributed by atoms with Gasteiger partial charge < -0.3 is 4.74 Å². The number of ether oxygens (including phenoxy) is 1. The topological polar surface area (TPSA) is 55.0 Å². The molecule has 0 aliphatic rings. The van der Waals surface area contributed by atoms with Gasteiger partial charge in [0.05, 0.1) is 5.69 Å². The molecule has 5 heteroatoms. The number of aromatic nitrogens is 2. The second-order valence-electron chi connectivity index (χ2n) is 4.84. The summed E-state index contributed by atoms with van der Waals surface area (Å²) in [4.78, 5) is 11.2. The van der Waals surface area contributed by atoms with Crippen LogP contribution in [0.5, 0.6) is 11.5 Å². The first-order valence-electron chi connectivity index (χ1n) is 6.72. The van der Waals surface area contributed by atoms with Gasteiger partial charge in [-0.25, -0.2) is 5.10 Å². The predicted octanol–water partition coefficient (Wildman–Crippen LogP) is 4.19. The van der Waals surface area contributed by atoms with Gasteiger partial charge in [0.25, 0.3) is 5.56 Å². The lowest BCUT2D eigenvalue weighted by atomic mass is 10.1. The highest BCUT2D eigenvalue weighted by Crippen LogP contribution is 2.26. The molecule has 0 fully saturated rings. The van der Waals surface area contributed by atoms with Gasteiger partial charge in [-0.3, -0.25) is 4.79 Å². The fourth-order valence-electron chi connectivity index (χ4n) is 2.11. The van der Waals surface area contributed by atoms with Gasteiger partial charge in [-0.15, -0.1) is 0 Å². The van der Waals surface area contributed by atoms with E-state index in [0.29, 0.717) is 10.8 Å². The highest BCUT2D eigenvalue weighted by molar-refractivity contribution is 6.30. The highest BCUT2D eigenvalue weighted by Gasteiger charge is 2.05. The van der Waals surface area contributed by atoms with Crippen molar-refractivity contribution in [1.82, 2.24) is 10.2 Å². The molecule has 1 N–H and O–H groups in total. The molecule has 2 aromatic carbocycles. The average molecular weight is 313 g/mol. The summed E-state index contributed by atoms with van der Waals surface area (Å²) >= 11 is 5.84.